The van der Waals surface area contributed by atoms with E-state index in [2.05, 4.69) is 10.3 Å². The molecular formula is C19H16Cl2N2O3S2. The summed E-state index contributed by atoms with van der Waals surface area (Å²) in [4.78, 5) is 16.9. The molecule has 3 rings (SSSR count). The summed E-state index contributed by atoms with van der Waals surface area (Å²) < 4.78 is 23.7. The minimum absolute atomic E-state index is 0.0397. The van der Waals surface area contributed by atoms with E-state index in [0.717, 1.165) is 5.56 Å². The van der Waals surface area contributed by atoms with E-state index in [0.29, 0.717) is 26.4 Å². The number of thiazole rings is 1. The largest absolute Gasteiger partial charge is 0.302 e. The maximum atomic E-state index is 12.3. The highest BCUT2D eigenvalue weighted by Gasteiger charge is 2.13. The minimum Gasteiger partial charge on any atom is -0.302 e. The molecule has 2 aromatic carbocycles. The quantitative estimate of drug-likeness (QED) is 0.562. The standard InChI is InChI=1S/C19H16Cl2N2O3S2/c1-2-28(25,26)14-6-3-12(4-7-14)9-18(24)23-19-22-17(11-27-19)13-5-8-15(20)16(21)10-13/h3-8,10-11H,2,9H2,1H3,(H,22,23,24). The Hall–Kier alpha value is -1.93. The zero-order valence-corrected chi connectivity index (χ0v) is 17.9. The summed E-state index contributed by atoms with van der Waals surface area (Å²) >= 11 is 13.3. The Morgan fingerprint density at radius 2 is 1.82 bits per heavy atom. The number of aromatic nitrogens is 1. The summed E-state index contributed by atoms with van der Waals surface area (Å²) in [5, 5.41) is 5.94. The number of rotatable bonds is 6. The second-order valence-corrected chi connectivity index (χ2v) is 9.89. The van der Waals surface area contributed by atoms with Crippen LogP contribution in [0, 0.1) is 0 Å². The molecule has 0 spiro atoms. The Morgan fingerprint density at radius 3 is 2.46 bits per heavy atom. The number of halogens is 2. The van der Waals surface area contributed by atoms with Crippen molar-refractivity contribution >= 4 is 55.4 Å². The minimum atomic E-state index is -3.25. The molecule has 0 fully saturated rings. The van der Waals surface area contributed by atoms with Crippen LogP contribution in [-0.2, 0) is 21.1 Å². The Labute approximate surface area is 177 Å². The van der Waals surface area contributed by atoms with Crippen LogP contribution >= 0.6 is 34.5 Å². The van der Waals surface area contributed by atoms with Crippen molar-refractivity contribution < 1.29 is 13.2 Å². The van der Waals surface area contributed by atoms with E-state index >= 15 is 0 Å². The van der Waals surface area contributed by atoms with Crippen molar-refractivity contribution in [2.45, 2.75) is 18.2 Å². The van der Waals surface area contributed by atoms with Crippen molar-refractivity contribution in [3.63, 3.8) is 0 Å². The van der Waals surface area contributed by atoms with Crippen molar-refractivity contribution in [3.05, 3.63) is 63.5 Å². The molecule has 28 heavy (non-hydrogen) atoms. The predicted octanol–water partition coefficient (Wildman–Crippen LogP) is 5.09. The van der Waals surface area contributed by atoms with Gasteiger partial charge < -0.3 is 5.32 Å². The number of sulfone groups is 1. The molecule has 0 atom stereocenters. The average Bonchev–Trinajstić information content (AvgIpc) is 3.12. The number of carbonyl (C=O) groups is 1. The van der Waals surface area contributed by atoms with Gasteiger partial charge in [-0.25, -0.2) is 13.4 Å². The van der Waals surface area contributed by atoms with Gasteiger partial charge in [0, 0.05) is 10.9 Å². The summed E-state index contributed by atoms with van der Waals surface area (Å²) in [7, 11) is -3.25. The number of hydrogen-bond acceptors (Lipinski definition) is 5. The summed E-state index contributed by atoms with van der Waals surface area (Å²) in [6, 6.07) is 11.5. The van der Waals surface area contributed by atoms with Crippen molar-refractivity contribution in [1.29, 1.82) is 0 Å². The molecule has 0 aliphatic heterocycles. The van der Waals surface area contributed by atoms with Crippen LogP contribution in [0.1, 0.15) is 12.5 Å². The molecular weight excluding hydrogens is 439 g/mol. The van der Waals surface area contributed by atoms with Crippen LogP contribution in [0.25, 0.3) is 11.3 Å². The molecule has 0 saturated heterocycles. The van der Waals surface area contributed by atoms with Gasteiger partial charge >= 0.3 is 0 Å². The van der Waals surface area contributed by atoms with E-state index in [-0.39, 0.29) is 23.0 Å². The summed E-state index contributed by atoms with van der Waals surface area (Å²) in [6.07, 6.45) is 0.119. The monoisotopic (exact) mass is 454 g/mol. The number of amides is 1. The van der Waals surface area contributed by atoms with E-state index < -0.39 is 9.84 Å². The Balaban J connectivity index is 1.65. The SMILES string of the molecule is CCS(=O)(=O)c1ccc(CC(=O)Nc2nc(-c3ccc(Cl)c(Cl)c3)cs2)cc1. The average molecular weight is 455 g/mol. The maximum absolute atomic E-state index is 12.3. The van der Waals surface area contributed by atoms with Gasteiger partial charge in [0.2, 0.25) is 5.91 Å². The van der Waals surface area contributed by atoms with Gasteiger partial charge in [-0.2, -0.15) is 0 Å². The lowest BCUT2D eigenvalue weighted by Gasteiger charge is -2.05. The van der Waals surface area contributed by atoms with Crippen LogP contribution in [0.2, 0.25) is 10.0 Å². The first-order chi connectivity index (χ1) is 13.3. The number of hydrogen-bond donors (Lipinski definition) is 1. The summed E-state index contributed by atoms with van der Waals surface area (Å²) in [6.45, 7) is 1.59. The van der Waals surface area contributed by atoms with E-state index in [9.17, 15) is 13.2 Å². The van der Waals surface area contributed by atoms with Gasteiger partial charge in [-0.15, -0.1) is 11.3 Å². The first kappa shape index (κ1) is 20.8. The van der Waals surface area contributed by atoms with Gasteiger partial charge in [-0.05, 0) is 29.8 Å². The molecule has 3 aromatic rings. The molecule has 0 unspecified atom stereocenters. The Kier molecular flexibility index (Phi) is 6.40. The highest BCUT2D eigenvalue weighted by atomic mass is 35.5. The second kappa shape index (κ2) is 8.61. The fraction of sp³-hybridized carbons (Fsp3) is 0.158. The van der Waals surface area contributed by atoms with Gasteiger partial charge in [0.25, 0.3) is 0 Å². The molecule has 0 aliphatic carbocycles. The topological polar surface area (TPSA) is 76.1 Å². The van der Waals surface area contributed by atoms with Crippen LogP contribution in [0.3, 0.4) is 0 Å². The Bertz CT molecular complexity index is 1110. The normalized spacial score (nSPS) is 11.4. The van der Waals surface area contributed by atoms with Crippen molar-refractivity contribution in [3.8, 4) is 11.3 Å². The Morgan fingerprint density at radius 1 is 1.11 bits per heavy atom. The third-order valence-electron chi connectivity index (χ3n) is 3.99. The fourth-order valence-corrected chi connectivity index (χ4v) is 4.37. The van der Waals surface area contributed by atoms with E-state index in [1.807, 2.05) is 5.38 Å². The molecule has 146 valence electrons. The van der Waals surface area contributed by atoms with Crippen LogP contribution in [-0.4, -0.2) is 25.1 Å². The molecule has 1 heterocycles. The molecule has 1 aromatic heterocycles. The first-order valence-electron chi connectivity index (χ1n) is 8.31. The lowest BCUT2D eigenvalue weighted by atomic mass is 10.1. The van der Waals surface area contributed by atoms with Gasteiger partial charge in [0.05, 0.1) is 32.8 Å². The van der Waals surface area contributed by atoms with Crippen LogP contribution in [0.5, 0.6) is 0 Å². The third kappa shape index (κ3) is 4.91. The summed E-state index contributed by atoms with van der Waals surface area (Å²) in [5.41, 5.74) is 2.21. The molecule has 9 heteroatoms. The van der Waals surface area contributed by atoms with E-state index in [1.165, 1.54) is 23.5 Å². The first-order valence-corrected chi connectivity index (χ1v) is 11.6. The lowest BCUT2D eigenvalue weighted by Crippen LogP contribution is -2.14. The van der Waals surface area contributed by atoms with Gasteiger partial charge in [-0.1, -0.05) is 48.3 Å². The highest BCUT2D eigenvalue weighted by Crippen LogP contribution is 2.30. The second-order valence-electron chi connectivity index (χ2n) is 5.94. The fourth-order valence-electron chi connectivity index (χ4n) is 2.45. The molecule has 1 N–H and O–H groups in total. The van der Waals surface area contributed by atoms with Crippen LogP contribution in [0.4, 0.5) is 5.13 Å². The molecule has 0 radical (unpaired) electrons. The van der Waals surface area contributed by atoms with E-state index in [4.69, 9.17) is 23.2 Å². The lowest BCUT2D eigenvalue weighted by molar-refractivity contribution is -0.115. The summed E-state index contributed by atoms with van der Waals surface area (Å²) in [5.74, 6) is -0.195. The van der Waals surface area contributed by atoms with Crippen molar-refractivity contribution in [2.24, 2.45) is 0 Å². The molecule has 0 aliphatic rings. The smallest absolute Gasteiger partial charge is 0.230 e. The van der Waals surface area contributed by atoms with Crippen LogP contribution in [0.15, 0.2) is 52.7 Å². The van der Waals surface area contributed by atoms with Gasteiger partial charge in [0.1, 0.15) is 0 Å². The van der Waals surface area contributed by atoms with Crippen molar-refractivity contribution in [2.75, 3.05) is 11.1 Å². The molecule has 0 saturated carbocycles. The van der Waals surface area contributed by atoms with Gasteiger partial charge in [-0.3, -0.25) is 4.79 Å². The zero-order valence-electron chi connectivity index (χ0n) is 14.8. The number of nitrogens with zero attached hydrogens (tertiary/aromatic N) is 1. The number of nitrogens with one attached hydrogen (secondary N) is 1. The molecule has 1 amide bonds. The zero-order chi connectivity index (χ0) is 20.3. The van der Waals surface area contributed by atoms with Crippen molar-refractivity contribution in [1.82, 2.24) is 4.98 Å². The highest BCUT2D eigenvalue weighted by molar-refractivity contribution is 7.91. The third-order valence-corrected chi connectivity index (χ3v) is 7.24. The molecule has 5 nitrogen and oxygen atoms in total. The van der Waals surface area contributed by atoms with E-state index in [1.54, 1.807) is 37.3 Å². The molecule has 0 bridgehead atoms. The number of carbonyl (C=O) groups excluding carboxylic acids is 1. The predicted molar refractivity (Wildman–Crippen MR) is 114 cm³/mol. The number of anilines is 1. The number of benzene rings is 2. The van der Waals surface area contributed by atoms with Crippen LogP contribution < -0.4 is 5.32 Å². The van der Waals surface area contributed by atoms with Gasteiger partial charge in [0.15, 0.2) is 15.0 Å². The maximum Gasteiger partial charge on any atom is 0.230 e.